The van der Waals surface area contributed by atoms with Gasteiger partial charge in [0.25, 0.3) is 0 Å². The van der Waals surface area contributed by atoms with Crippen LogP contribution in [0.5, 0.6) is 0 Å². The Morgan fingerprint density at radius 2 is 2.07 bits per heavy atom. The first-order valence-corrected chi connectivity index (χ1v) is 5.19. The fourth-order valence-electron chi connectivity index (χ4n) is 2.03. The minimum atomic E-state index is -0.172. The number of benzene rings is 1. The van der Waals surface area contributed by atoms with E-state index in [2.05, 4.69) is 0 Å². The van der Waals surface area contributed by atoms with Crippen molar-refractivity contribution in [1.29, 1.82) is 0 Å². The van der Waals surface area contributed by atoms with Gasteiger partial charge in [0.15, 0.2) is 0 Å². The fraction of sp³-hybridized carbons (Fsp3) is 0.500. The van der Waals surface area contributed by atoms with Crippen LogP contribution in [0.15, 0.2) is 18.2 Å². The molecular weight excluding hydrogens is 177 g/mol. The summed E-state index contributed by atoms with van der Waals surface area (Å²) < 4.78 is 13.1. The number of halogens is 1. The second kappa shape index (κ2) is 3.70. The highest BCUT2D eigenvalue weighted by Gasteiger charge is 2.25. The minimum Gasteiger partial charge on any atom is -0.324 e. The largest absolute Gasteiger partial charge is 0.324 e. The molecule has 0 heterocycles. The predicted octanol–water partition coefficient (Wildman–Crippen LogP) is 2.93. The number of hydrogen-bond acceptors (Lipinski definition) is 1. The van der Waals surface area contributed by atoms with Gasteiger partial charge >= 0.3 is 0 Å². The van der Waals surface area contributed by atoms with Crippen molar-refractivity contribution in [2.24, 2.45) is 11.7 Å². The maximum absolute atomic E-state index is 13.1. The van der Waals surface area contributed by atoms with Gasteiger partial charge in [-0.2, -0.15) is 0 Å². The van der Waals surface area contributed by atoms with Gasteiger partial charge in [-0.15, -0.1) is 0 Å². The molecule has 14 heavy (non-hydrogen) atoms. The van der Waals surface area contributed by atoms with Gasteiger partial charge < -0.3 is 5.73 Å². The van der Waals surface area contributed by atoms with Crippen LogP contribution in [0.3, 0.4) is 0 Å². The molecule has 2 N–H and O–H groups in total. The Kier molecular flexibility index (Phi) is 2.55. The standard InChI is InChI=1S/C12H16FN/c1-8-5-10(7-11(13)6-8)12(14)9-3-2-4-9/h5-7,9,12H,2-4,14H2,1H3. The first kappa shape index (κ1) is 9.66. The molecule has 1 atom stereocenters. The van der Waals surface area contributed by atoms with Crippen molar-refractivity contribution in [3.8, 4) is 0 Å². The Labute approximate surface area is 84.1 Å². The van der Waals surface area contributed by atoms with Crippen LogP contribution in [0.2, 0.25) is 0 Å². The molecule has 1 unspecified atom stereocenters. The Morgan fingerprint density at radius 1 is 1.36 bits per heavy atom. The van der Waals surface area contributed by atoms with E-state index in [0.717, 1.165) is 11.1 Å². The van der Waals surface area contributed by atoms with E-state index in [1.165, 1.54) is 25.3 Å². The third-order valence-electron chi connectivity index (χ3n) is 3.11. The number of aryl methyl sites for hydroxylation is 1. The summed E-state index contributed by atoms with van der Waals surface area (Å²) in [4.78, 5) is 0. The summed E-state index contributed by atoms with van der Waals surface area (Å²) in [6.07, 6.45) is 3.65. The first-order chi connectivity index (χ1) is 6.66. The lowest BCUT2D eigenvalue weighted by Gasteiger charge is -2.31. The molecule has 1 aromatic rings. The van der Waals surface area contributed by atoms with E-state index in [0.29, 0.717) is 5.92 Å². The molecule has 1 nitrogen and oxygen atoms in total. The second-order valence-electron chi connectivity index (χ2n) is 4.28. The zero-order chi connectivity index (χ0) is 10.1. The normalized spacial score (nSPS) is 19.1. The summed E-state index contributed by atoms with van der Waals surface area (Å²) in [5.41, 5.74) is 7.98. The van der Waals surface area contributed by atoms with Crippen molar-refractivity contribution in [3.05, 3.63) is 35.1 Å². The fourth-order valence-corrected chi connectivity index (χ4v) is 2.03. The zero-order valence-electron chi connectivity index (χ0n) is 8.46. The van der Waals surface area contributed by atoms with Crippen LogP contribution in [0, 0.1) is 18.7 Å². The predicted molar refractivity (Wildman–Crippen MR) is 55.4 cm³/mol. The van der Waals surface area contributed by atoms with Gasteiger partial charge in [0, 0.05) is 6.04 Å². The van der Waals surface area contributed by atoms with E-state index in [-0.39, 0.29) is 11.9 Å². The van der Waals surface area contributed by atoms with E-state index in [1.54, 1.807) is 6.07 Å². The molecule has 2 rings (SSSR count). The van der Waals surface area contributed by atoms with Crippen molar-refractivity contribution in [3.63, 3.8) is 0 Å². The molecule has 0 radical (unpaired) electrons. The summed E-state index contributed by atoms with van der Waals surface area (Å²) in [5.74, 6) is 0.394. The highest BCUT2D eigenvalue weighted by molar-refractivity contribution is 5.26. The lowest BCUT2D eigenvalue weighted by molar-refractivity contribution is 0.264. The molecule has 2 heteroatoms. The van der Waals surface area contributed by atoms with Crippen molar-refractivity contribution < 1.29 is 4.39 Å². The summed E-state index contributed by atoms with van der Waals surface area (Å²) in [5, 5.41) is 0. The van der Waals surface area contributed by atoms with E-state index in [4.69, 9.17) is 5.73 Å². The van der Waals surface area contributed by atoms with E-state index in [1.807, 2.05) is 13.0 Å². The highest BCUT2D eigenvalue weighted by atomic mass is 19.1. The van der Waals surface area contributed by atoms with Gasteiger partial charge in [-0.25, -0.2) is 4.39 Å². The lowest BCUT2D eigenvalue weighted by Crippen LogP contribution is -2.26. The molecular formula is C12H16FN. The number of nitrogens with two attached hydrogens (primary N) is 1. The molecule has 1 aliphatic carbocycles. The van der Waals surface area contributed by atoms with Gasteiger partial charge in [0.2, 0.25) is 0 Å². The van der Waals surface area contributed by atoms with Crippen LogP contribution in [0.25, 0.3) is 0 Å². The average molecular weight is 193 g/mol. The van der Waals surface area contributed by atoms with Crippen molar-refractivity contribution in [1.82, 2.24) is 0 Å². The second-order valence-corrected chi connectivity index (χ2v) is 4.28. The smallest absolute Gasteiger partial charge is 0.123 e. The monoisotopic (exact) mass is 193 g/mol. The van der Waals surface area contributed by atoms with Crippen LogP contribution in [-0.4, -0.2) is 0 Å². The summed E-state index contributed by atoms with van der Waals surface area (Å²) in [6, 6.07) is 5.12. The van der Waals surface area contributed by atoms with Gasteiger partial charge in [-0.05, 0) is 48.9 Å². The quantitative estimate of drug-likeness (QED) is 0.767. The van der Waals surface area contributed by atoms with Crippen LogP contribution < -0.4 is 5.73 Å². The van der Waals surface area contributed by atoms with Crippen LogP contribution >= 0.6 is 0 Å². The van der Waals surface area contributed by atoms with Gasteiger partial charge in [0.05, 0.1) is 0 Å². The number of rotatable bonds is 2. The van der Waals surface area contributed by atoms with Gasteiger partial charge in [-0.1, -0.05) is 12.5 Å². The molecule has 0 aromatic heterocycles. The SMILES string of the molecule is Cc1cc(F)cc(C(N)C2CCC2)c1. The van der Waals surface area contributed by atoms with Crippen molar-refractivity contribution in [2.45, 2.75) is 32.2 Å². The lowest BCUT2D eigenvalue weighted by atomic mass is 9.77. The van der Waals surface area contributed by atoms with Crippen molar-refractivity contribution >= 4 is 0 Å². The van der Waals surface area contributed by atoms with E-state index in [9.17, 15) is 4.39 Å². The molecule has 0 amide bonds. The molecule has 1 saturated carbocycles. The summed E-state index contributed by atoms with van der Waals surface area (Å²) >= 11 is 0. The van der Waals surface area contributed by atoms with Crippen LogP contribution in [-0.2, 0) is 0 Å². The molecule has 76 valence electrons. The van der Waals surface area contributed by atoms with Gasteiger partial charge in [0.1, 0.15) is 5.82 Å². The Bertz CT molecular complexity index is 311. The van der Waals surface area contributed by atoms with Crippen LogP contribution in [0.1, 0.15) is 36.4 Å². The molecule has 0 aliphatic heterocycles. The van der Waals surface area contributed by atoms with E-state index >= 15 is 0 Å². The Hall–Kier alpha value is -0.890. The average Bonchev–Trinajstić information content (AvgIpc) is 1.98. The van der Waals surface area contributed by atoms with E-state index < -0.39 is 0 Å². The molecule has 0 bridgehead atoms. The maximum atomic E-state index is 13.1. The summed E-state index contributed by atoms with van der Waals surface area (Å²) in [6.45, 7) is 1.90. The zero-order valence-corrected chi connectivity index (χ0v) is 8.46. The molecule has 1 aliphatic rings. The highest BCUT2D eigenvalue weighted by Crippen LogP contribution is 2.36. The molecule has 0 saturated heterocycles. The van der Waals surface area contributed by atoms with Crippen LogP contribution in [0.4, 0.5) is 4.39 Å². The van der Waals surface area contributed by atoms with Crippen molar-refractivity contribution in [2.75, 3.05) is 0 Å². The third-order valence-corrected chi connectivity index (χ3v) is 3.11. The third kappa shape index (κ3) is 1.80. The Balaban J connectivity index is 2.21. The van der Waals surface area contributed by atoms with Gasteiger partial charge in [-0.3, -0.25) is 0 Å². The first-order valence-electron chi connectivity index (χ1n) is 5.19. The number of hydrogen-bond donors (Lipinski definition) is 1. The molecule has 1 aromatic carbocycles. The minimum absolute atomic E-state index is 0.0261. The molecule has 1 fully saturated rings. The Morgan fingerprint density at radius 3 is 2.57 bits per heavy atom. The maximum Gasteiger partial charge on any atom is 0.123 e. The summed E-state index contributed by atoms with van der Waals surface area (Å²) in [7, 11) is 0. The molecule has 0 spiro atoms. The topological polar surface area (TPSA) is 26.0 Å².